The third-order valence-electron chi connectivity index (χ3n) is 3.17. The van der Waals surface area contributed by atoms with Gasteiger partial charge in [-0.05, 0) is 45.0 Å². The van der Waals surface area contributed by atoms with E-state index in [-0.39, 0.29) is 11.5 Å². The summed E-state index contributed by atoms with van der Waals surface area (Å²) in [7, 11) is 0. The summed E-state index contributed by atoms with van der Waals surface area (Å²) in [6.45, 7) is 5.48. The first-order valence-electron chi connectivity index (χ1n) is 7.71. The van der Waals surface area contributed by atoms with Crippen molar-refractivity contribution in [1.82, 2.24) is 9.97 Å². The van der Waals surface area contributed by atoms with Crippen LogP contribution in [-0.4, -0.2) is 33.7 Å². The van der Waals surface area contributed by atoms with Crippen molar-refractivity contribution in [2.24, 2.45) is 0 Å². The summed E-state index contributed by atoms with van der Waals surface area (Å²) in [5, 5.41) is 2.69. The molecular formula is C17H19N3O4S. The van der Waals surface area contributed by atoms with Gasteiger partial charge in [0.2, 0.25) is 5.91 Å². The predicted molar refractivity (Wildman–Crippen MR) is 95.9 cm³/mol. The lowest BCUT2D eigenvalue weighted by molar-refractivity contribution is -0.115. The summed E-state index contributed by atoms with van der Waals surface area (Å²) in [4.78, 5) is 42.1. The number of anilines is 1. The molecule has 132 valence electrons. The second-order valence-corrected chi connectivity index (χ2v) is 6.57. The zero-order valence-corrected chi connectivity index (χ0v) is 15.0. The van der Waals surface area contributed by atoms with Crippen molar-refractivity contribution in [1.29, 1.82) is 0 Å². The molecule has 0 radical (unpaired) electrons. The molecule has 0 saturated heterocycles. The number of aromatic amines is 1. The van der Waals surface area contributed by atoms with E-state index in [2.05, 4.69) is 15.3 Å². The highest BCUT2D eigenvalue weighted by Crippen LogP contribution is 2.20. The van der Waals surface area contributed by atoms with Crippen LogP contribution in [0.25, 0.3) is 0 Å². The number of carbonyl (C=O) groups is 2. The quantitative estimate of drug-likeness (QED) is 0.465. The van der Waals surface area contributed by atoms with Gasteiger partial charge in [-0.25, -0.2) is 9.78 Å². The maximum absolute atomic E-state index is 12.3. The van der Waals surface area contributed by atoms with E-state index in [9.17, 15) is 14.4 Å². The number of benzene rings is 1. The van der Waals surface area contributed by atoms with Crippen LogP contribution in [0, 0.1) is 6.92 Å². The number of aryl methyl sites for hydroxylation is 1. The van der Waals surface area contributed by atoms with Gasteiger partial charge in [0.15, 0.2) is 5.16 Å². The number of nitrogens with zero attached hydrogens (tertiary/aromatic N) is 1. The van der Waals surface area contributed by atoms with Crippen LogP contribution in [0.15, 0.2) is 40.3 Å². The van der Waals surface area contributed by atoms with Crippen LogP contribution in [0.1, 0.15) is 29.9 Å². The topological polar surface area (TPSA) is 101 Å². The molecule has 0 aliphatic carbocycles. The lowest BCUT2D eigenvalue weighted by Crippen LogP contribution is -2.23. The van der Waals surface area contributed by atoms with Gasteiger partial charge >= 0.3 is 5.97 Å². The number of rotatable bonds is 6. The van der Waals surface area contributed by atoms with Crippen molar-refractivity contribution >= 4 is 29.3 Å². The molecule has 0 unspecified atom stereocenters. The highest BCUT2D eigenvalue weighted by molar-refractivity contribution is 8.00. The molecule has 1 heterocycles. The number of hydrogen-bond acceptors (Lipinski definition) is 6. The average Bonchev–Trinajstić information content (AvgIpc) is 2.54. The van der Waals surface area contributed by atoms with E-state index >= 15 is 0 Å². The first kappa shape index (κ1) is 18.7. The molecule has 1 amide bonds. The molecule has 8 heteroatoms. The number of carbonyl (C=O) groups excluding carboxylic acids is 2. The van der Waals surface area contributed by atoms with Crippen LogP contribution in [0.4, 0.5) is 5.69 Å². The minimum Gasteiger partial charge on any atom is -0.462 e. The fourth-order valence-electron chi connectivity index (χ4n) is 1.98. The van der Waals surface area contributed by atoms with Crippen LogP contribution in [-0.2, 0) is 9.53 Å². The fraction of sp³-hybridized carbons (Fsp3) is 0.294. The largest absolute Gasteiger partial charge is 0.462 e. The lowest BCUT2D eigenvalue weighted by Gasteiger charge is -2.12. The first-order chi connectivity index (χ1) is 11.9. The van der Waals surface area contributed by atoms with E-state index in [0.717, 1.165) is 11.8 Å². The Hall–Kier alpha value is -2.61. The minimum atomic E-state index is -0.463. The number of thioether (sulfide) groups is 1. The summed E-state index contributed by atoms with van der Waals surface area (Å²) in [5.74, 6) is -0.642. The second-order valence-electron chi connectivity index (χ2n) is 5.24. The van der Waals surface area contributed by atoms with Crippen LogP contribution in [0.5, 0.6) is 0 Å². The Kier molecular flexibility index (Phi) is 6.35. The van der Waals surface area contributed by atoms with Gasteiger partial charge in [-0.1, -0.05) is 11.8 Å². The van der Waals surface area contributed by atoms with Gasteiger partial charge in [0.05, 0.1) is 17.4 Å². The Bertz CT molecular complexity index is 817. The van der Waals surface area contributed by atoms with Crippen LogP contribution in [0.3, 0.4) is 0 Å². The maximum atomic E-state index is 12.3. The number of amides is 1. The van der Waals surface area contributed by atoms with E-state index in [1.165, 1.54) is 6.07 Å². The molecule has 1 aromatic heterocycles. The first-order valence-corrected chi connectivity index (χ1v) is 8.59. The van der Waals surface area contributed by atoms with E-state index in [1.807, 2.05) is 0 Å². The Labute approximate surface area is 149 Å². The SMILES string of the molecule is CCOC(=O)c1ccc(NC(=O)[C@H](C)Sc2nc(C)cc(=O)[nH]2)cc1. The third-order valence-corrected chi connectivity index (χ3v) is 4.15. The van der Waals surface area contributed by atoms with Gasteiger partial charge in [-0.2, -0.15) is 0 Å². The molecule has 0 saturated carbocycles. The zero-order valence-electron chi connectivity index (χ0n) is 14.2. The molecule has 2 rings (SSSR count). The average molecular weight is 361 g/mol. The van der Waals surface area contributed by atoms with E-state index in [4.69, 9.17) is 4.74 Å². The van der Waals surface area contributed by atoms with Gasteiger partial charge in [0, 0.05) is 17.4 Å². The molecular weight excluding hydrogens is 342 g/mol. The van der Waals surface area contributed by atoms with Crippen molar-refractivity contribution in [3.05, 3.63) is 51.9 Å². The van der Waals surface area contributed by atoms with Crippen molar-refractivity contribution in [2.75, 3.05) is 11.9 Å². The summed E-state index contributed by atoms with van der Waals surface area (Å²) in [6, 6.07) is 7.83. The lowest BCUT2D eigenvalue weighted by atomic mass is 10.2. The molecule has 1 atom stereocenters. The summed E-state index contributed by atoms with van der Waals surface area (Å²) in [6.07, 6.45) is 0. The molecule has 25 heavy (non-hydrogen) atoms. The Morgan fingerprint density at radius 3 is 2.60 bits per heavy atom. The highest BCUT2D eigenvalue weighted by Gasteiger charge is 2.16. The van der Waals surface area contributed by atoms with Gasteiger partial charge < -0.3 is 15.0 Å². The molecule has 7 nitrogen and oxygen atoms in total. The number of hydrogen-bond donors (Lipinski definition) is 2. The van der Waals surface area contributed by atoms with Crippen LogP contribution >= 0.6 is 11.8 Å². The summed E-state index contributed by atoms with van der Waals surface area (Å²) >= 11 is 1.16. The Morgan fingerprint density at radius 2 is 2.00 bits per heavy atom. The standard InChI is InChI=1S/C17H19N3O4S/c1-4-24-16(23)12-5-7-13(8-6-12)19-15(22)11(3)25-17-18-10(2)9-14(21)20-17/h5-9,11H,4H2,1-3H3,(H,19,22)(H,18,20,21)/t11-/m0/s1. The second kappa shape index (κ2) is 8.48. The molecule has 0 fully saturated rings. The number of H-pyrrole nitrogens is 1. The zero-order chi connectivity index (χ0) is 18.4. The van der Waals surface area contributed by atoms with Crippen molar-refractivity contribution in [3.8, 4) is 0 Å². The van der Waals surface area contributed by atoms with E-state index < -0.39 is 11.2 Å². The van der Waals surface area contributed by atoms with Gasteiger partial charge in [0.1, 0.15) is 0 Å². The summed E-state index contributed by atoms with van der Waals surface area (Å²) in [5.41, 5.74) is 1.32. The molecule has 0 aliphatic heterocycles. The third kappa shape index (κ3) is 5.46. The van der Waals surface area contributed by atoms with Crippen LogP contribution in [0.2, 0.25) is 0 Å². The molecule has 2 N–H and O–H groups in total. The maximum Gasteiger partial charge on any atom is 0.338 e. The highest BCUT2D eigenvalue weighted by atomic mass is 32.2. The van der Waals surface area contributed by atoms with Crippen molar-refractivity contribution in [2.45, 2.75) is 31.2 Å². The molecule has 2 aromatic rings. The number of esters is 1. The smallest absolute Gasteiger partial charge is 0.338 e. The molecule has 0 aliphatic rings. The molecule has 0 bridgehead atoms. The summed E-state index contributed by atoms with van der Waals surface area (Å²) < 4.78 is 4.91. The Morgan fingerprint density at radius 1 is 1.32 bits per heavy atom. The van der Waals surface area contributed by atoms with Gasteiger partial charge in [0.25, 0.3) is 5.56 Å². The van der Waals surface area contributed by atoms with E-state index in [0.29, 0.717) is 28.7 Å². The normalized spacial score (nSPS) is 11.6. The molecule has 1 aromatic carbocycles. The number of aromatic nitrogens is 2. The van der Waals surface area contributed by atoms with Gasteiger partial charge in [-0.15, -0.1) is 0 Å². The fourth-order valence-corrected chi connectivity index (χ4v) is 2.83. The Balaban J connectivity index is 1.98. The predicted octanol–water partition coefficient (Wildman–Crippen LogP) is 2.37. The van der Waals surface area contributed by atoms with Crippen molar-refractivity contribution < 1.29 is 14.3 Å². The van der Waals surface area contributed by atoms with Gasteiger partial charge in [-0.3, -0.25) is 9.59 Å². The number of nitrogens with one attached hydrogen (secondary N) is 2. The number of ether oxygens (including phenoxy) is 1. The monoisotopic (exact) mass is 361 g/mol. The van der Waals surface area contributed by atoms with E-state index in [1.54, 1.807) is 45.0 Å². The van der Waals surface area contributed by atoms with Crippen molar-refractivity contribution in [3.63, 3.8) is 0 Å². The van der Waals surface area contributed by atoms with Crippen LogP contribution < -0.4 is 10.9 Å². The molecule has 0 spiro atoms. The minimum absolute atomic E-state index is 0.238.